The van der Waals surface area contributed by atoms with Gasteiger partial charge in [-0.1, -0.05) is 19.9 Å². The van der Waals surface area contributed by atoms with Gasteiger partial charge in [0.2, 0.25) is 5.95 Å². The summed E-state index contributed by atoms with van der Waals surface area (Å²) in [5.74, 6) is 2.08. The molecule has 3 aromatic rings. The van der Waals surface area contributed by atoms with Crippen molar-refractivity contribution in [1.29, 1.82) is 0 Å². The van der Waals surface area contributed by atoms with Crippen LogP contribution in [0.5, 0.6) is 0 Å². The fourth-order valence-electron chi connectivity index (χ4n) is 5.42. The molecule has 2 aliphatic heterocycles. The fraction of sp³-hybridized carbons (Fsp3) is 0.519. The number of alkyl halides is 1. The van der Waals surface area contributed by atoms with E-state index in [2.05, 4.69) is 51.1 Å². The number of hydrogen-bond acceptors (Lipinski definition) is 10. The maximum absolute atomic E-state index is 14.4. The van der Waals surface area contributed by atoms with E-state index in [1.165, 1.54) is 18.9 Å². The van der Waals surface area contributed by atoms with Crippen LogP contribution in [0.4, 0.5) is 27.7 Å². The maximum atomic E-state index is 14.4. The summed E-state index contributed by atoms with van der Waals surface area (Å²) in [5, 5.41) is 15.3. The molecule has 0 bridgehead atoms. The number of benzene rings is 1. The van der Waals surface area contributed by atoms with E-state index in [4.69, 9.17) is 4.74 Å². The van der Waals surface area contributed by atoms with Crippen LogP contribution in [0.1, 0.15) is 25.3 Å². The van der Waals surface area contributed by atoms with Gasteiger partial charge < -0.3 is 25.0 Å². The first-order chi connectivity index (χ1) is 18.5. The molecule has 0 spiro atoms. The van der Waals surface area contributed by atoms with Crippen LogP contribution in [0.2, 0.25) is 0 Å². The normalized spacial score (nSPS) is 22.4. The molecular weight excluding hydrogens is 523 g/mol. The minimum absolute atomic E-state index is 0.0270. The molecule has 2 aliphatic rings. The molecule has 2 saturated heterocycles. The van der Waals surface area contributed by atoms with Gasteiger partial charge in [-0.15, -0.1) is 0 Å². The molecule has 0 amide bonds. The predicted molar refractivity (Wildman–Crippen MR) is 150 cm³/mol. The molecule has 1 aromatic carbocycles. The van der Waals surface area contributed by atoms with Crippen molar-refractivity contribution in [1.82, 2.24) is 15.0 Å². The molecule has 210 valence electrons. The number of pyridine rings is 1. The summed E-state index contributed by atoms with van der Waals surface area (Å²) < 4.78 is 43.0. The van der Waals surface area contributed by atoms with Crippen molar-refractivity contribution in [2.75, 3.05) is 60.4 Å². The number of piperidine rings is 1. The zero-order valence-electron chi connectivity index (χ0n) is 22.6. The molecule has 10 nitrogen and oxygen atoms in total. The number of methoxy groups -OCH3 is 1. The average molecular weight is 559 g/mol. The highest BCUT2D eigenvalue weighted by molar-refractivity contribution is 7.90. The summed E-state index contributed by atoms with van der Waals surface area (Å²) in [7, 11) is -1.56. The van der Waals surface area contributed by atoms with Gasteiger partial charge in [-0.2, -0.15) is 4.98 Å². The lowest BCUT2D eigenvalue weighted by Crippen LogP contribution is -2.55. The lowest BCUT2D eigenvalue weighted by atomic mass is 9.93. The molecule has 2 N–H and O–H groups in total. The Balaban J connectivity index is 1.39. The SMILES string of the molecule is CO[C@H]1CN(c2nccc(Nc3cc4c(C(C)C)ccc(N5CC(CS(C)(=O)=O)C5)c4cn3)n2)C[C@@H](F)[C@H]1O. The van der Waals surface area contributed by atoms with Crippen LogP contribution in [0.15, 0.2) is 36.7 Å². The number of aliphatic hydroxyl groups excluding tert-OH is 1. The number of rotatable bonds is 8. The molecule has 0 unspecified atom stereocenters. The quantitative estimate of drug-likeness (QED) is 0.427. The van der Waals surface area contributed by atoms with Crippen molar-refractivity contribution in [3.63, 3.8) is 0 Å². The number of nitrogens with zero attached hydrogens (tertiary/aromatic N) is 5. The van der Waals surface area contributed by atoms with E-state index in [1.54, 1.807) is 17.2 Å². The number of nitrogens with one attached hydrogen (secondary N) is 1. The Kier molecular flexibility index (Phi) is 7.62. The Morgan fingerprint density at radius 3 is 2.56 bits per heavy atom. The summed E-state index contributed by atoms with van der Waals surface area (Å²) >= 11 is 0. The lowest BCUT2D eigenvalue weighted by molar-refractivity contribution is -0.0582. The highest BCUT2D eigenvalue weighted by Crippen LogP contribution is 2.37. The summed E-state index contributed by atoms with van der Waals surface area (Å²) in [4.78, 5) is 17.4. The van der Waals surface area contributed by atoms with Crippen LogP contribution in [-0.4, -0.2) is 92.2 Å². The third-order valence-corrected chi connectivity index (χ3v) is 8.48. The van der Waals surface area contributed by atoms with Gasteiger partial charge in [-0.25, -0.2) is 22.8 Å². The first-order valence-corrected chi connectivity index (χ1v) is 15.1. The largest absolute Gasteiger partial charge is 0.387 e. The van der Waals surface area contributed by atoms with E-state index in [-0.39, 0.29) is 30.7 Å². The second kappa shape index (κ2) is 10.8. The van der Waals surface area contributed by atoms with Crippen LogP contribution < -0.4 is 15.1 Å². The van der Waals surface area contributed by atoms with Crippen LogP contribution >= 0.6 is 0 Å². The van der Waals surface area contributed by atoms with Crippen molar-refractivity contribution in [3.05, 3.63) is 42.2 Å². The van der Waals surface area contributed by atoms with Crippen molar-refractivity contribution < 1.29 is 22.7 Å². The van der Waals surface area contributed by atoms with Crippen LogP contribution in [-0.2, 0) is 14.6 Å². The van der Waals surface area contributed by atoms with Gasteiger partial charge in [0.1, 0.15) is 39.9 Å². The Morgan fingerprint density at radius 2 is 1.87 bits per heavy atom. The van der Waals surface area contributed by atoms with Crippen LogP contribution in [0.3, 0.4) is 0 Å². The number of aliphatic hydroxyl groups is 1. The third-order valence-electron chi connectivity index (χ3n) is 7.40. The van der Waals surface area contributed by atoms with Gasteiger partial charge in [0.25, 0.3) is 0 Å². The molecule has 2 fully saturated rings. The van der Waals surface area contributed by atoms with Gasteiger partial charge in [0.05, 0.1) is 12.3 Å². The number of anilines is 4. The number of halogens is 1. The first-order valence-electron chi connectivity index (χ1n) is 13.1. The fourth-order valence-corrected chi connectivity index (χ4v) is 6.49. The molecule has 0 aliphatic carbocycles. The standard InChI is InChI=1S/C27H35FN6O4S/c1-16(2)18-5-6-22(33-11-17(12-33)15-39(4,36)37)20-10-30-25(9-19(18)20)31-24-7-8-29-27(32-24)34-13-21(28)26(35)23(14-34)38-3/h5-10,16-17,21,23,26,35H,11-15H2,1-4H3,(H,29,30,31,32)/t21-,23+,26-/m1/s1. The topological polar surface area (TPSA) is 121 Å². The van der Waals surface area contributed by atoms with E-state index in [0.717, 1.165) is 16.5 Å². The van der Waals surface area contributed by atoms with Crippen molar-refractivity contribution in [3.8, 4) is 0 Å². The van der Waals surface area contributed by atoms with Crippen LogP contribution in [0, 0.1) is 5.92 Å². The number of aromatic nitrogens is 3. The second-order valence-corrected chi connectivity index (χ2v) is 13.0. The molecule has 4 heterocycles. The van der Waals surface area contributed by atoms with Gasteiger partial charge in [0.15, 0.2) is 0 Å². The molecule has 3 atom stereocenters. The number of sulfone groups is 1. The molecular formula is C27H35FN6O4S. The Bertz CT molecular complexity index is 1450. The summed E-state index contributed by atoms with van der Waals surface area (Å²) in [6.07, 6.45) is 1.40. The van der Waals surface area contributed by atoms with Gasteiger partial charge in [-0.3, -0.25) is 0 Å². The highest BCUT2D eigenvalue weighted by Gasteiger charge is 2.37. The van der Waals surface area contributed by atoms with E-state index >= 15 is 0 Å². The lowest BCUT2D eigenvalue weighted by Gasteiger charge is -2.41. The summed E-state index contributed by atoms with van der Waals surface area (Å²) in [5.41, 5.74) is 2.23. The Hall–Kier alpha value is -3.09. The number of ether oxygens (including phenoxy) is 1. The number of fused-ring (bicyclic) bond motifs is 1. The van der Waals surface area contributed by atoms with Gasteiger partial charge >= 0.3 is 0 Å². The molecule has 0 saturated carbocycles. The second-order valence-electron chi connectivity index (χ2n) is 10.9. The van der Waals surface area contributed by atoms with E-state index in [0.29, 0.717) is 30.7 Å². The van der Waals surface area contributed by atoms with Crippen LogP contribution in [0.25, 0.3) is 10.8 Å². The average Bonchev–Trinajstić information content (AvgIpc) is 2.86. The smallest absolute Gasteiger partial charge is 0.227 e. The zero-order valence-corrected chi connectivity index (χ0v) is 23.4. The van der Waals surface area contributed by atoms with E-state index in [9.17, 15) is 17.9 Å². The Morgan fingerprint density at radius 1 is 1.10 bits per heavy atom. The van der Waals surface area contributed by atoms with E-state index < -0.39 is 28.2 Å². The predicted octanol–water partition coefficient (Wildman–Crippen LogP) is 2.91. The first kappa shape index (κ1) is 27.5. The highest BCUT2D eigenvalue weighted by atomic mass is 32.2. The Labute approximate surface area is 228 Å². The van der Waals surface area contributed by atoms with Crippen molar-refractivity contribution in [2.24, 2.45) is 5.92 Å². The van der Waals surface area contributed by atoms with Crippen molar-refractivity contribution >= 4 is 43.9 Å². The minimum atomic E-state index is -3.00. The zero-order chi connectivity index (χ0) is 27.9. The minimum Gasteiger partial charge on any atom is -0.387 e. The van der Waals surface area contributed by atoms with E-state index in [1.807, 2.05) is 12.3 Å². The molecule has 2 aromatic heterocycles. The van der Waals surface area contributed by atoms with Gasteiger partial charge in [-0.05, 0) is 35.1 Å². The summed E-state index contributed by atoms with van der Waals surface area (Å²) in [6.45, 7) is 5.93. The summed E-state index contributed by atoms with van der Waals surface area (Å²) in [6, 6.07) is 7.94. The molecule has 5 rings (SSSR count). The number of hydrogen-bond donors (Lipinski definition) is 2. The van der Waals surface area contributed by atoms with Crippen molar-refractivity contribution in [2.45, 2.75) is 38.1 Å². The monoisotopic (exact) mass is 558 g/mol. The third kappa shape index (κ3) is 5.92. The van der Waals surface area contributed by atoms with Gasteiger partial charge in [0, 0.05) is 62.4 Å². The molecule has 0 radical (unpaired) electrons. The maximum Gasteiger partial charge on any atom is 0.227 e. The molecule has 12 heteroatoms. The molecule has 39 heavy (non-hydrogen) atoms.